The van der Waals surface area contributed by atoms with Gasteiger partial charge in [-0.05, 0) is 36.8 Å². The van der Waals surface area contributed by atoms with E-state index in [1.54, 1.807) is 12.4 Å². The van der Waals surface area contributed by atoms with Crippen molar-refractivity contribution in [2.24, 2.45) is 0 Å². The summed E-state index contributed by atoms with van der Waals surface area (Å²) in [5.41, 5.74) is 5.40. The second-order valence-corrected chi connectivity index (χ2v) is 9.58. The monoisotopic (exact) mass is 515 g/mol. The van der Waals surface area contributed by atoms with Crippen molar-refractivity contribution in [3.8, 4) is 22.4 Å². The number of benzene rings is 2. The van der Waals surface area contributed by atoms with Crippen LogP contribution in [0.2, 0.25) is 10.0 Å². The maximum Gasteiger partial charge on any atom is 0.225 e. The van der Waals surface area contributed by atoms with E-state index in [-0.39, 0.29) is 0 Å². The number of nitrogens with zero attached hydrogens (tertiary/aromatic N) is 7. The molecule has 0 radical (unpaired) electrons. The van der Waals surface area contributed by atoms with Crippen LogP contribution in [-0.2, 0) is 0 Å². The Bertz CT molecular complexity index is 1530. The summed E-state index contributed by atoms with van der Waals surface area (Å²) in [5, 5.41) is 6.44. The highest BCUT2D eigenvalue weighted by Crippen LogP contribution is 2.39. The van der Waals surface area contributed by atoms with E-state index < -0.39 is 0 Å². The number of fused-ring (bicyclic) bond motifs is 1. The Morgan fingerprint density at radius 3 is 2.19 bits per heavy atom. The summed E-state index contributed by atoms with van der Waals surface area (Å²) in [6.07, 6.45) is 5.49. The topological polar surface area (TPSA) is 62.5 Å². The Hall–Kier alpha value is -3.68. The summed E-state index contributed by atoms with van der Waals surface area (Å²) in [6, 6.07) is 17.4. The molecule has 1 fully saturated rings. The number of aromatic nitrogens is 5. The molecule has 0 atom stereocenters. The van der Waals surface area contributed by atoms with Gasteiger partial charge in [0.1, 0.15) is 11.5 Å². The molecule has 180 valence electrons. The maximum atomic E-state index is 6.65. The molecule has 36 heavy (non-hydrogen) atoms. The van der Waals surface area contributed by atoms with Crippen molar-refractivity contribution in [1.29, 1.82) is 0 Å². The zero-order valence-electron chi connectivity index (χ0n) is 19.6. The Kier molecular flexibility index (Phi) is 5.95. The van der Waals surface area contributed by atoms with Crippen molar-refractivity contribution < 1.29 is 0 Å². The molecule has 7 nitrogen and oxygen atoms in total. The predicted octanol–water partition coefficient (Wildman–Crippen LogP) is 5.80. The van der Waals surface area contributed by atoms with Gasteiger partial charge in [0, 0.05) is 60.9 Å². The maximum absolute atomic E-state index is 6.65. The minimum Gasteiger partial charge on any atom is -0.353 e. The number of hydrogen-bond acceptors (Lipinski definition) is 6. The highest BCUT2D eigenvalue weighted by atomic mass is 35.5. The first-order chi connectivity index (χ1) is 17.6. The van der Waals surface area contributed by atoms with Gasteiger partial charge in [-0.25, -0.2) is 15.0 Å². The molecule has 4 heterocycles. The molecule has 1 aliphatic rings. The van der Waals surface area contributed by atoms with E-state index in [1.165, 1.54) is 0 Å². The van der Waals surface area contributed by atoms with Gasteiger partial charge in [-0.1, -0.05) is 53.5 Å². The van der Waals surface area contributed by atoms with Crippen LogP contribution >= 0.6 is 23.2 Å². The van der Waals surface area contributed by atoms with Crippen molar-refractivity contribution in [3.63, 3.8) is 0 Å². The number of aryl methyl sites for hydroxylation is 1. The second-order valence-electron chi connectivity index (χ2n) is 8.73. The van der Waals surface area contributed by atoms with Crippen molar-refractivity contribution in [1.82, 2.24) is 24.6 Å². The Balaban J connectivity index is 1.47. The van der Waals surface area contributed by atoms with Gasteiger partial charge in [0.25, 0.3) is 0 Å². The molecule has 0 N–H and O–H groups in total. The normalized spacial score (nSPS) is 14.0. The number of rotatable bonds is 4. The Morgan fingerprint density at radius 1 is 0.778 bits per heavy atom. The second kappa shape index (κ2) is 9.41. The van der Waals surface area contributed by atoms with Crippen LogP contribution in [-0.4, -0.2) is 50.7 Å². The molecule has 0 unspecified atom stereocenters. The quantitative estimate of drug-likeness (QED) is 0.301. The SMILES string of the molecule is Cc1cnc2c(-c3ccc(Cl)cc3)c(-c3ccccc3Cl)nn2c1N1CCN(c2ncccn2)CC1. The zero-order valence-corrected chi connectivity index (χ0v) is 21.2. The smallest absolute Gasteiger partial charge is 0.225 e. The molecule has 5 aromatic rings. The van der Waals surface area contributed by atoms with Gasteiger partial charge in [0.15, 0.2) is 5.65 Å². The summed E-state index contributed by atoms with van der Waals surface area (Å²) >= 11 is 12.8. The molecule has 3 aromatic heterocycles. The van der Waals surface area contributed by atoms with Gasteiger partial charge in [-0.15, -0.1) is 0 Å². The van der Waals surface area contributed by atoms with Gasteiger partial charge >= 0.3 is 0 Å². The third-order valence-electron chi connectivity index (χ3n) is 6.47. The van der Waals surface area contributed by atoms with Crippen LogP contribution in [0, 0.1) is 6.92 Å². The third kappa shape index (κ3) is 4.04. The number of hydrogen-bond donors (Lipinski definition) is 0. The number of piperazine rings is 1. The van der Waals surface area contributed by atoms with Gasteiger partial charge in [0.2, 0.25) is 5.95 Å². The lowest BCUT2D eigenvalue weighted by atomic mass is 10.0. The van der Waals surface area contributed by atoms with Crippen LogP contribution < -0.4 is 9.80 Å². The molecule has 0 bridgehead atoms. The highest BCUT2D eigenvalue weighted by Gasteiger charge is 2.26. The average Bonchev–Trinajstić information content (AvgIpc) is 3.29. The first-order valence-corrected chi connectivity index (χ1v) is 12.5. The van der Waals surface area contributed by atoms with E-state index in [9.17, 15) is 0 Å². The van der Waals surface area contributed by atoms with E-state index in [1.807, 2.05) is 65.3 Å². The summed E-state index contributed by atoms with van der Waals surface area (Å²) < 4.78 is 1.96. The first-order valence-electron chi connectivity index (χ1n) is 11.8. The van der Waals surface area contributed by atoms with E-state index in [0.29, 0.717) is 10.0 Å². The van der Waals surface area contributed by atoms with Crippen LogP contribution in [0.1, 0.15) is 5.56 Å². The molecule has 6 rings (SSSR count). The Labute approximate surface area is 219 Å². The van der Waals surface area contributed by atoms with Crippen LogP contribution in [0.15, 0.2) is 73.2 Å². The lowest BCUT2D eigenvalue weighted by Crippen LogP contribution is -2.48. The van der Waals surface area contributed by atoms with Crippen LogP contribution in [0.4, 0.5) is 11.8 Å². The molecular weight excluding hydrogens is 493 g/mol. The van der Waals surface area contributed by atoms with Crippen molar-refractivity contribution >= 4 is 40.6 Å². The molecule has 1 aliphatic heterocycles. The fraction of sp³-hybridized carbons (Fsp3) is 0.185. The van der Waals surface area contributed by atoms with E-state index in [0.717, 1.165) is 71.5 Å². The summed E-state index contributed by atoms with van der Waals surface area (Å²) in [4.78, 5) is 18.2. The van der Waals surface area contributed by atoms with Gasteiger partial charge in [0.05, 0.1) is 10.6 Å². The number of halogens is 2. The molecule has 0 saturated carbocycles. The van der Waals surface area contributed by atoms with Crippen molar-refractivity contribution in [2.75, 3.05) is 36.0 Å². The van der Waals surface area contributed by atoms with Gasteiger partial charge < -0.3 is 9.80 Å². The Morgan fingerprint density at radius 2 is 1.47 bits per heavy atom. The van der Waals surface area contributed by atoms with Gasteiger partial charge in [-0.3, -0.25) is 0 Å². The summed E-state index contributed by atoms with van der Waals surface area (Å²) in [6.45, 7) is 5.34. The molecule has 0 aliphatic carbocycles. The van der Waals surface area contributed by atoms with E-state index in [2.05, 4.69) is 26.7 Å². The molecule has 2 aromatic carbocycles. The fourth-order valence-electron chi connectivity index (χ4n) is 4.74. The van der Waals surface area contributed by atoms with Gasteiger partial charge in [-0.2, -0.15) is 9.61 Å². The molecular formula is C27H23Cl2N7. The lowest BCUT2D eigenvalue weighted by Gasteiger charge is -2.36. The molecule has 0 amide bonds. The van der Waals surface area contributed by atoms with E-state index in [4.69, 9.17) is 33.3 Å². The molecule has 1 saturated heterocycles. The van der Waals surface area contributed by atoms with Crippen LogP contribution in [0.5, 0.6) is 0 Å². The standard InChI is InChI=1S/C27H23Cl2N7/c1-18-17-32-25-23(19-7-9-20(28)10-8-19)24(21-5-2-3-6-22(21)29)33-36(25)26(18)34-13-15-35(16-14-34)27-30-11-4-12-31-27/h2-12,17H,13-16H2,1H3. The predicted molar refractivity (Wildman–Crippen MR) is 145 cm³/mol. The van der Waals surface area contributed by atoms with Crippen LogP contribution in [0.25, 0.3) is 28.0 Å². The minimum absolute atomic E-state index is 0.644. The number of anilines is 2. The molecule has 9 heteroatoms. The van der Waals surface area contributed by atoms with Crippen molar-refractivity contribution in [3.05, 3.63) is 88.8 Å². The zero-order chi connectivity index (χ0) is 24.6. The largest absolute Gasteiger partial charge is 0.353 e. The first kappa shape index (κ1) is 22.8. The van der Waals surface area contributed by atoms with E-state index >= 15 is 0 Å². The van der Waals surface area contributed by atoms with Crippen molar-refractivity contribution in [2.45, 2.75) is 6.92 Å². The average molecular weight is 516 g/mol. The lowest BCUT2D eigenvalue weighted by molar-refractivity contribution is 0.625. The molecule has 0 spiro atoms. The van der Waals surface area contributed by atoms with Crippen LogP contribution in [0.3, 0.4) is 0 Å². The fourth-order valence-corrected chi connectivity index (χ4v) is 5.09. The summed E-state index contributed by atoms with van der Waals surface area (Å²) in [5.74, 6) is 1.79. The third-order valence-corrected chi connectivity index (χ3v) is 7.05. The summed E-state index contributed by atoms with van der Waals surface area (Å²) in [7, 11) is 0. The highest BCUT2D eigenvalue weighted by molar-refractivity contribution is 6.33. The minimum atomic E-state index is 0.644.